The molecule has 220 valence electrons. The number of phosphoric ester groups is 1. The Kier molecular flexibility index (Phi) is 24.6. The Bertz CT molecular complexity index is 601. The molecule has 1 amide bonds. The summed E-state index contributed by atoms with van der Waals surface area (Å²) in [6, 6.07) is 0. The zero-order valence-electron chi connectivity index (χ0n) is 23.1. The lowest BCUT2D eigenvalue weighted by Gasteiger charge is -2.18. The highest BCUT2D eigenvalue weighted by Gasteiger charge is 2.21. The van der Waals surface area contributed by atoms with Crippen LogP contribution in [0, 0.1) is 0 Å². The van der Waals surface area contributed by atoms with Gasteiger partial charge in [0.15, 0.2) is 0 Å². The van der Waals surface area contributed by atoms with Crippen molar-refractivity contribution in [2.45, 2.75) is 123 Å². The number of hydrogen-bond acceptors (Lipinski definition) is 7. The average molecular weight is 554 g/mol. The largest absolute Gasteiger partial charge is 0.469 e. The fraction of sp³-hybridized carbons (Fsp3) is 0.923. The second-order valence-electron chi connectivity index (χ2n) is 9.48. The van der Waals surface area contributed by atoms with Gasteiger partial charge in [-0.25, -0.2) is 4.57 Å². The summed E-state index contributed by atoms with van der Waals surface area (Å²) in [6.07, 6.45) is 15.8. The van der Waals surface area contributed by atoms with Crippen molar-refractivity contribution < 1.29 is 42.7 Å². The molecule has 0 aliphatic carbocycles. The molecule has 1 atom stereocenters. The van der Waals surface area contributed by atoms with E-state index in [4.69, 9.17) is 24.0 Å². The predicted octanol–water partition coefficient (Wildman–Crippen LogP) is 5.40. The molecule has 0 spiro atoms. The molecule has 0 aliphatic heterocycles. The molecular formula is C26H52NO9P. The van der Waals surface area contributed by atoms with Crippen molar-refractivity contribution >= 4 is 19.7 Å². The van der Waals surface area contributed by atoms with Crippen molar-refractivity contribution in [2.24, 2.45) is 0 Å². The zero-order valence-corrected chi connectivity index (χ0v) is 24.0. The van der Waals surface area contributed by atoms with Gasteiger partial charge >= 0.3 is 13.8 Å². The number of ether oxygens (including phenoxy) is 3. The van der Waals surface area contributed by atoms with Crippen LogP contribution in [0.5, 0.6) is 0 Å². The monoisotopic (exact) mass is 553 g/mol. The van der Waals surface area contributed by atoms with Crippen LogP contribution < -0.4 is 5.32 Å². The van der Waals surface area contributed by atoms with Crippen LogP contribution in [0.1, 0.15) is 117 Å². The SMILES string of the molecule is CCCCCCCCCC(=O)O[C@H](COCOCCCCCCCCCCNC(C)=O)COP(=O)(O)O. The second kappa shape index (κ2) is 25.3. The molecule has 0 radical (unpaired) electrons. The van der Waals surface area contributed by atoms with E-state index in [2.05, 4.69) is 16.8 Å². The van der Waals surface area contributed by atoms with Crippen molar-refractivity contribution in [1.82, 2.24) is 5.32 Å². The number of carbonyl (C=O) groups is 2. The lowest BCUT2D eigenvalue weighted by Crippen LogP contribution is -2.28. The van der Waals surface area contributed by atoms with Gasteiger partial charge in [-0.2, -0.15) is 0 Å². The number of carbonyl (C=O) groups excluding carboxylic acids is 2. The normalized spacial score (nSPS) is 12.4. The highest BCUT2D eigenvalue weighted by molar-refractivity contribution is 7.46. The molecule has 0 aliphatic rings. The molecule has 3 N–H and O–H groups in total. The van der Waals surface area contributed by atoms with Gasteiger partial charge in [-0.15, -0.1) is 0 Å². The Hall–Kier alpha value is -1.03. The summed E-state index contributed by atoms with van der Waals surface area (Å²) >= 11 is 0. The molecule has 11 heteroatoms. The maximum Gasteiger partial charge on any atom is 0.469 e. The molecule has 37 heavy (non-hydrogen) atoms. The van der Waals surface area contributed by atoms with E-state index in [9.17, 15) is 14.2 Å². The maximum absolute atomic E-state index is 12.1. The molecule has 0 saturated carbocycles. The van der Waals surface area contributed by atoms with Crippen LogP contribution >= 0.6 is 7.82 Å². The Morgan fingerprint density at radius 3 is 1.95 bits per heavy atom. The molecule has 0 aromatic rings. The van der Waals surface area contributed by atoms with Crippen molar-refractivity contribution in [2.75, 3.05) is 33.2 Å². The molecular weight excluding hydrogens is 501 g/mol. The minimum atomic E-state index is -4.67. The lowest BCUT2D eigenvalue weighted by molar-refractivity contribution is -0.158. The van der Waals surface area contributed by atoms with Crippen molar-refractivity contribution in [3.63, 3.8) is 0 Å². The highest BCUT2D eigenvalue weighted by Crippen LogP contribution is 2.35. The molecule has 0 bridgehead atoms. The van der Waals surface area contributed by atoms with E-state index in [1.165, 1.54) is 45.4 Å². The van der Waals surface area contributed by atoms with Crippen LogP contribution in [0.3, 0.4) is 0 Å². The molecule has 0 fully saturated rings. The number of amides is 1. The van der Waals surface area contributed by atoms with Crippen LogP contribution in [0.15, 0.2) is 0 Å². The van der Waals surface area contributed by atoms with Gasteiger partial charge in [0.25, 0.3) is 0 Å². The fourth-order valence-corrected chi connectivity index (χ4v) is 4.08. The minimum absolute atomic E-state index is 0.00994. The van der Waals surface area contributed by atoms with Crippen molar-refractivity contribution in [3.8, 4) is 0 Å². The topological polar surface area (TPSA) is 141 Å². The maximum atomic E-state index is 12.1. The molecule has 10 nitrogen and oxygen atoms in total. The fourth-order valence-electron chi connectivity index (χ4n) is 3.72. The molecule has 0 aromatic carbocycles. The summed E-state index contributed by atoms with van der Waals surface area (Å²) in [6.45, 7) is 4.52. The van der Waals surface area contributed by atoms with E-state index in [1.54, 1.807) is 0 Å². The standard InChI is InChI=1S/C26H52NO9P/c1-3-4-5-6-9-12-15-18-26(29)36-25(22-35-37(30,31)32)21-34-23-33-20-17-14-11-8-7-10-13-16-19-27-24(2)28/h25H,3-23H2,1-2H3,(H,27,28)(H2,30,31,32)/t25-/m1/s1. The van der Waals surface area contributed by atoms with E-state index in [0.717, 1.165) is 64.3 Å². The average Bonchev–Trinajstić information content (AvgIpc) is 2.83. The van der Waals surface area contributed by atoms with Crippen LogP contribution in [-0.2, 0) is 32.9 Å². The van der Waals surface area contributed by atoms with Gasteiger partial charge in [-0.3, -0.25) is 14.1 Å². The van der Waals surface area contributed by atoms with E-state index < -0.39 is 26.5 Å². The first-order chi connectivity index (χ1) is 17.7. The van der Waals surface area contributed by atoms with Gasteiger partial charge in [-0.05, 0) is 19.3 Å². The van der Waals surface area contributed by atoms with Gasteiger partial charge in [0.05, 0.1) is 13.2 Å². The third-order valence-corrected chi connectivity index (χ3v) is 6.26. The second-order valence-corrected chi connectivity index (χ2v) is 10.7. The number of nitrogens with one attached hydrogen (secondary N) is 1. The Morgan fingerprint density at radius 2 is 1.35 bits per heavy atom. The van der Waals surface area contributed by atoms with Crippen LogP contribution in [0.4, 0.5) is 0 Å². The Labute approximate surface area is 223 Å². The summed E-state index contributed by atoms with van der Waals surface area (Å²) in [5.74, 6) is -0.399. The predicted molar refractivity (Wildman–Crippen MR) is 143 cm³/mol. The van der Waals surface area contributed by atoms with Crippen LogP contribution in [-0.4, -0.2) is 60.9 Å². The number of esters is 1. The molecule has 0 saturated heterocycles. The molecule has 0 heterocycles. The summed E-state index contributed by atoms with van der Waals surface area (Å²) in [5, 5.41) is 2.80. The highest BCUT2D eigenvalue weighted by atomic mass is 31.2. The first kappa shape index (κ1) is 36.0. The zero-order chi connectivity index (χ0) is 27.6. The van der Waals surface area contributed by atoms with Gasteiger partial charge in [0.1, 0.15) is 12.9 Å². The number of hydrogen-bond donors (Lipinski definition) is 3. The van der Waals surface area contributed by atoms with Gasteiger partial charge in [-0.1, -0.05) is 84.0 Å². The van der Waals surface area contributed by atoms with Crippen LogP contribution in [0.2, 0.25) is 0 Å². The van der Waals surface area contributed by atoms with Crippen molar-refractivity contribution in [3.05, 3.63) is 0 Å². The quantitative estimate of drug-likeness (QED) is 0.0528. The first-order valence-electron chi connectivity index (χ1n) is 14.0. The van der Waals surface area contributed by atoms with E-state index in [-0.39, 0.29) is 25.7 Å². The van der Waals surface area contributed by atoms with E-state index in [0.29, 0.717) is 6.61 Å². The summed E-state index contributed by atoms with van der Waals surface area (Å²) < 4.78 is 31.7. The molecule has 0 rings (SSSR count). The molecule has 0 unspecified atom stereocenters. The Morgan fingerprint density at radius 1 is 0.784 bits per heavy atom. The number of phosphoric acid groups is 1. The van der Waals surface area contributed by atoms with E-state index in [1.807, 2.05) is 0 Å². The van der Waals surface area contributed by atoms with Gasteiger partial charge in [0.2, 0.25) is 5.91 Å². The summed E-state index contributed by atoms with van der Waals surface area (Å²) in [7, 11) is -4.67. The summed E-state index contributed by atoms with van der Waals surface area (Å²) in [4.78, 5) is 40.8. The molecule has 0 aromatic heterocycles. The smallest absolute Gasteiger partial charge is 0.457 e. The third kappa shape index (κ3) is 29.4. The Balaban J connectivity index is 3.83. The number of rotatable bonds is 27. The van der Waals surface area contributed by atoms with Crippen molar-refractivity contribution in [1.29, 1.82) is 0 Å². The minimum Gasteiger partial charge on any atom is -0.457 e. The van der Waals surface area contributed by atoms with Gasteiger partial charge in [0, 0.05) is 26.5 Å². The lowest BCUT2D eigenvalue weighted by atomic mass is 10.1. The summed E-state index contributed by atoms with van der Waals surface area (Å²) in [5.41, 5.74) is 0. The first-order valence-corrected chi connectivity index (χ1v) is 15.6. The third-order valence-electron chi connectivity index (χ3n) is 5.77. The van der Waals surface area contributed by atoms with E-state index >= 15 is 0 Å². The van der Waals surface area contributed by atoms with Crippen LogP contribution in [0.25, 0.3) is 0 Å². The van der Waals surface area contributed by atoms with Gasteiger partial charge < -0.3 is 29.3 Å². The number of unbranched alkanes of at least 4 members (excludes halogenated alkanes) is 13.